The molecule has 0 saturated carbocycles. The molecular formula is C20H24N2O3S2. The normalized spacial score (nSPS) is 16.9. The second kappa shape index (κ2) is 7.73. The van der Waals surface area contributed by atoms with E-state index >= 15 is 0 Å². The highest BCUT2D eigenvalue weighted by atomic mass is 32.2. The van der Waals surface area contributed by atoms with Gasteiger partial charge in [0.2, 0.25) is 0 Å². The van der Waals surface area contributed by atoms with Crippen LogP contribution in [0, 0.1) is 0 Å². The largest absolute Gasteiger partial charge is 0.276 e. The Hall–Kier alpha value is -1.70. The van der Waals surface area contributed by atoms with Gasteiger partial charge in [0.15, 0.2) is 0 Å². The van der Waals surface area contributed by atoms with Gasteiger partial charge in [0.1, 0.15) is 0 Å². The van der Waals surface area contributed by atoms with Crippen LogP contribution in [0.2, 0.25) is 0 Å². The molecule has 0 fully saturated rings. The fraction of sp³-hybridized carbons (Fsp3) is 0.450. The number of hydrazine groups is 1. The first-order chi connectivity index (χ1) is 13.0. The van der Waals surface area contributed by atoms with Crippen molar-refractivity contribution in [3.05, 3.63) is 50.7 Å². The molecule has 2 N–H and O–H groups in total. The number of carbonyl (C=O) groups excluding carboxylic acids is 1. The number of sulfonamides is 1. The fourth-order valence-corrected chi connectivity index (χ4v) is 5.94. The van der Waals surface area contributed by atoms with Crippen LogP contribution in [0.4, 0.5) is 0 Å². The summed E-state index contributed by atoms with van der Waals surface area (Å²) in [6.45, 7) is 0. The third-order valence-electron chi connectivity index (χ3n) is 5.40. The molecule has 144 valence electrons. The first-order valence-electron chi connectivity index (χ1n) is 9.58. The smallest absolute Gasteiger partial charge is 0.273 e. The predicted octanol–water partition coefficient (Wildman–Crippen LogP) is 3.52. The molecule has 0 atom stereocenters. The summed E-state index contributed by atoms with van der Waals surface area (Å²) in [5.41, 5.74) is 5.92. The molecule has 2 aliphatic carbocycles. The van der Waals surface area contributed by atoms with E-state index in [2.05, 4.69) is 10.3 Å². The van der Waals surface area contributed by atoms with Crippen molar-refractivity contribution in [2.24, 2.45) is 0 Å². The van der Waals surface area contributed by atoms with Crippen LogP contribution in [0.5, 0.6) is 0 Å². The van der Waals surface area contributed by atoms with Crippen LogP contribution in [0.15, 0.2) is 29.2 Å². The van der Waals surface area contributed by atoms with Gasteiger partial charge < -0.3 is 0 Å². The van der Waals surface area contributed by atoms with Crippen LogP contribution < -0.4 is 10.3 Å². The Bertz CT molecular complexity index is 938. The van der Waals surface area contributed by atoms with Crippen molar-refractivity contribution in [1.29, 1.82) is 0 Å². The first-order valence-corrected chi connectivity index (χ1v) is 11.9. The first kappa shape index (κ1) is 18.7. The Morgan fingerprint density at radius 1 is 0.852 bits per heavy atom. The summed E-state index contributed by atoms with van der Waals surface area (Å²) in [7, 11) is -3.78. The molecule has 0 unspecified atom stereocenters. The molecule has 0 spiro atoms. The van der Waals surface area contributed by atoms with E-state index in [0.717, 1.165) is 50.5 Å². The maximum Gasteiger partial charge on any atom is 0.276 e. The number of benzene rings is 1. The summed E-state index contributed by atoms with van der Waals surface area (Å²) in [5.74, 6) is -0.392. The highest BCUT2D eigenvalue weighted by molar-refractivity contribution is 7.89. The summed E-state index contributed by atoms with van der Waals surface area (Å²) in [6.07, 6.45) is 9.75. The highest BCUT2D eigenvalue weighted by Gasteiger charge is 2.21. The van der Waals surface area contributed by atoms with E-state index in [1.165, 1.54) is 40.2 Å². The van der Waals surface area contributed by atoms with Gasteiger partial charge in [-0.25, -0.2) is 8.42 Å². The molecule has 7 heteroatoms. The Morgan fingerprint density at radius 2 is 1.59 bits per heavy atom. The van der Waals surface area contributed by atoms with E-state index in [4.69, 9.17) is 0 Å². The molecule has 0 saturated heterocycles. The topological polar surface area (TPSA) is 75.3 Å². The van der Waals surface area contributed by atoms with Gasteiger partial charge in [-0.1, -0.05) is 18.9 Å². The zero-order chi connectivity index (χ0) is 18.9. The lowest BCUT2D eigenvalue weighted by atomic mass is 10.00. The third kappa shape index (κ3) is 4.10. The van der Waals surface area contributed by atoms with Crippen LogP contribution >= 0.6 is 11.3 Å². The lowest BCUT2D eigenvalue weighted by molar-refractivity contribution is 0.0949. The zero-order valence-corrected chi connectivity index (χ0v) is 16.8. The Labute approximate surface area is 164 Å². The number of nitrogens with one attached hydrogen (secondary N) is 2. The van der Waals surface area contributed by atoms with Crippen molar-refractivity contribution in [3.8, 4) is 0 Å². The summed E-state index contributed by atoms with van der Waals surface area (Å²) in [5, 5.41) is 0. The van der Waals surface area contributed by atoms with Gasteiger partial charge in [-0.05, 0) is 79.8 Å². The maximum absolute atomic E-state index is 12.5. The van der Waals surface area contributed by atoms with Crippen LogP contribution in [0.3, 0.4) is 0 Å². The number of rotatable bonds is 4. The van der Waals surface area contributed by atoms with E-state index in [1.807, 2.05) is 12.1 Å². The Morgan fingerprint density at radius 3 is 2.44 bits per heavy atom. The van der Waals surface area contributed by atoms with Gasteiger partial charge in [0.05, 0.1) is 9.77 Å². The van der Waals surface area contributed by atoms with E-state index < -0.39 is 15.9 Å². The number of hydrogen-bond donors (Lipinski definition) is 2. The third-order valence-corrected chi connectivity index (χ3v) is 7.88. The van der Waals surface area contributed by atoms with Crippen molar-refractivity contribution in [2.75, 3.05) is 0 Å². The molecule has 0 aliphatic heterocycles. The van der Waals surface area contributed by atoms with Crippen molar-refractivity contribution < 1.29 is 13.2 Å². The number of aryl methyl sites for hydroxylation is 4. The molecule has 1 aromatic carbocycles. The molecule has 1 amide bonds. The quantitative estimate of drug-likeness (QED) is 0.766. The number of thiophene rings is 1. The average molecular weight is 405 g/mol. The minimum Gasteiger partial charge on any atom is -0.273 e. The van der Waals surface area contributed by atoms with Gasteiger partial charge in [0.25, 0.3) is 15.9 Å². The average Bonchev–Trinajstić information content (AvgIpc) is 3.26. The van der Waals surface area contributed by atoms with Crippen molar-refractivity contribution in [1.82, 2.24) is 10.3 Å². The monoisotopic (exact) mass is 404 g/mol. The van der Waals surface area contributed by atoms with E-state index in [-0.39, 0.29) is 4.90 Å². The summed E-state index contributed by atoms with van der Waals surface area (Å²) < 4.78 is 25.1. The van der Waals surface area contributed by atoms with Gasteiger partial charge in [-0.2, -0.15) is 0 Å². The second-order valence-corrected chi connectivity index (χ2v) is 10.1. The van der Waals surface area contributed by atoms with Crippen molar-refractivity contribution in [2.45, 2.75) is 62.7 Å². The Balaban J connectivity index is 1.45. The lowest BCUT2D eigenvalue weighted by Gasteiger charge is -2.09. The molecule has 27 heavy (non-hydrogen) atoms. The fourth-order valence-electron chi connectivity index (χ4n) is 3.91. The van der Waals surface area contributed by atoms with Crippen LogP contribution in [-0.4, -0.2) is 14.3 Å². The molecule has 0 bridgehead atoms. The minimum atomic E-state index is -3.78. The standard InChI is InChI=1S/C20H24N2O3S2/c23-20(19-13-16-6-3-1-2-4-9-18(16)26-19)21-22-27(24,25)17-11-10-14-7-5-8-15(14)12-17/h10-13,22H,1-9H2,(H,21,23). The van der Waals surface area contributed by atoms with E-state index in [9.17, 15) is 13.2 Å². The number of carbonyl (C=O) groups is 1. The van der Waals surface area contributed by atoms with Crippen LogP contribution in [-0.2, 0) is 35.7 Å². The summed E-state index contributed by atoms with van der Waals surface area (Å²) >= 11 is 1.48. The number of amides is 1. The Kier molecular flexibility index (Phi) is 5.34. The maximum atomic E-state index is 12.5. The molecule has 1 heterocycles. The molecular weight excluding hydrogens is 380 g/mol. The van der Waals surface area contributed by atoms with E-state index in [1.54, 1.807) is 12.1 Å². The number of fused-ring (bicyclic) bond motifs is 2. The number of hydrogen-bond acceptors (Lipinski definition) is 4. The zero-order valence-electron chi connectivity index (χ0n) is 15.2. The van der Waals surface area contributed by atoms with Crippen molar-refractivity contribution >= 4 is 27.3 Å². The predicted molar refractivity (Wildman–Crippen MR) is 106 cm³/mol. The van der Waals surface area contributed by atoms with Gasteiger partial charge in [-0.15, -0.1) is 16.2 Å². The minimum absolute atomic E-state index is 0.196. The molecule has 2 aliphatic rings. The van der Waals surface area contributed by atoms with Crippen LogP contribution in [0.1, 0.15) is 63.3 Å². The van der Waals surface area contributed by atoms with Gasteiger partial charge in [0, 0.05) is 4.88 Å². The molecule has 2 aromatic rings. The van der Waals surface area contributed by atoms with Crippen molar-refractivity contribution in [3.63, 3.8) is 0 Å². The van der Waals surface area contributed by atoms with Crippen LogP contribution in [0.25, 0.3) is 0 Å². The summed E-state index contributed by atoms with van der Waals surface area (Å²) in [6, 6.07) is 7.12. The molecule has 0 radical (unpaired) electrons. The molecule has 5 nitrogen and oxygen atoms in total. The highest BCUT2D eigenvalue weighted by Crippen LogP contribution is 2.28. The summed E-state index contributed by atoms with van der Waals surface area (Å²) in [4.78, 5) is 16.8. The molecule has 1 aromatic heterocycles. The van der Waals surface area contributed by atoms with Gasteiger partial charge in [-0.3, -0.25) is 10.2 Å². The van der Waals surface area contributed by atoms with E-state index in [0.29, 0.717) is 4.88 Å². The lowest BCUT2D eigenvalue weighted by Crippen LogP contribution is -2.41. The molecule has 4 rings (SSSR count). The SMILES string of the molecule is O=C(NNS(=O)(=O)c1ccc2c(c1)CCC2)c1cc2c(s1)CCCCCC2. The van der Waals surface area contributed by atoms with Gasteiger partial charge >= 0.3 is 0 Å². The second-order valence-electron chi connectivity index (χ2n) is 7.32.